The number of carbonyl (C=O) groups excluding carboxylic acids is 2. The molecule has 31 heavy (non-hydrogen) atoms. The summed E-state index contributed by atoms with van der Waals surface area (Å²) >= 11 is 12.1. The van der Waals surface area contributed by atoms with Crippen molar-refractivity contribution in [2.24, 2.45) is 0 Å². The van der Waals surface area contributed by atoms with Gasteiger partial charge in [0.15, 0.2) is 6.10 Å². The number of aryl methyl sites for hydroxylation is 2. The highest BCUT2D eigenvalue weighted by atomic mass is 35.5. The van der Waals surface area contributed by atoms with Gasteiger partial charge >= 0.3 is 5.97 Å². The number of amides is 1. The van der Waals surface area contributed by atoms with E-state index in [-0.39, 0.29) is 12.5 Å². The molecule has 8 nitrogen and oxygen atoms in total. The SMILES string of the molecule is Cc1nc2ncnn2c(C)c1CCC(=O)OC(C)C(=O)NC(C)c1ccc(Cl)cc1Cl. The van der Waals surface area contributed by atoms with Crippen molar-refractivity contribution >= 4 is 40.9 Å². The minimum atomic E-state index is -0.945. The number of esters is 1. The third kappa shape index (κ3) is 5.32. The van der Waals surface area contributed by atoms with Crippen LogP contribution in [0.1, 0.15) is 48.8 Å². The first kappa shape index (κ1) is 23.0. The number of aromatic nitrogens is 4. The van der Waals surface area contributed by atoms with Crippen molar-refractivity contribution in [1.29, 1.82) is 0 Å². The molecule has 3 rings (SSSR count). The highest BCUT2D eigenvalue weighted by molar-refractivity contribution is 6.35. The number of fused-ring (bicyclic) bond motifs is 1. The maximum Gasteiger partial charge on any atom is 0.306 e. The predicted octanol–water partition coefficient (Wildman–Crippen LogP) is 3.79. The van der Waals surface area contributed by atoms with E-state index >= 15 is 0 Å². The minimum Gasteiger partial charge on any atom is -0.453 e. The molecular formula is C21H23Cl2N5O3. The Morgan fingerprint density at radius 3 is 2.68 bits per heavy atom. The van der Waals surface area contributed by atoms with E-state index in [1.807, 2.05) is 13.8 Å². The fourth-order valence-corrected chi connectivity index (χ4v) is 3.89. The molecule has 0 aliphatic rings. The Hall–Kier alpha value is -2.71. The predicted molar refractivity (Wildman–Crippen MR) is 117 cm³/mol. The summed E-state index contributed by atoms with van der Waals surface area (Å²) in [5.74, 6) is -0.372. The zero-order valence-electron chi connectivity index (χ0n) is 17.6. The zero-order valence-corrected chi connectivity index (χ0v) is 19.2. The van der Waals surface area contributed by atoms with Crippen molar-refractivity contribution in [1.82, 2.24) is 24.9 Å². The molecule has 1 N–H and O–H groups in total. The lowest BCUT2D eigenvalue weighted by Crippen LogP contribution is -2.37. The fraction of sp³-hybridized carbons (Fsp3) is 0.381. The van der Waals surface area contributed by atoms with Crippen molar-refractivity contribution in [3.8, 4) is 0 Å². The first-order valence-electron chi connectivity index (χ1n) is 9.78. The quantitative estimate of drug-likeness (QED) is 0.535. The van der Waals surface area contributed by atoms with Gasteiger partial charge in [-0.3, -0.25) is 9.59 Å². The van der Waals surface area contributed by atoms with Gasteiger partial charge in [-0.2, -0.15) is 10.1 Å². The monoisotopic (exact) mass is 463 g/mol. The van der Waals surface area contributed by atoms with Gasteiger partial charge < -0.3 is 10.1 Å². The van der Waals surface area contributed by atoms with Crippen molar-refractivity contribution < 1.29 is 14.3 Å². The van der Waals surface area contributed by atoms with E-state index in [0.717, 1.165) is 22.5 Å². The van der Waals surface area contributed by atoms with E-state index in [1.165, 1.54) is 13.3 Å². The Labute approximate surface area is 189 Å². The molecule has 2 heterocycles. The lowest BCUT2D eigenvalue weighted by atomic mass is 10.1. The molecule has 0 aliphatic heterocycles. The normalized spacial score (nSPS) is 13.1. The van der Waals surface area contributed by atoms with Crippen LogP contribution in [0.2, 0.25) is 10.0 Å². The topological polar surface area (TPSA) is 98.5 Å². The van der Waals surface area contributed by atoms with Crippen LogP contribution in [0.3, 0.4) is 0 Å². The van der Waals surface area contributed by atoms with Gasteiger partial charge in [-0.25, -0.2) is 9.50 Å². The number of ether oxygens (including phenoxy) is 1. The molecular weight excluding hydrogens is 441 g/mol. The van der Waals surface area contributed by atoms with Gasteiger partial charge in [0.1, 0.15) is 6.33 Å². The third-order valence-corrected chi connectivity index (χ3v) is 5.60. The summed E-state index contributed by atoms with van der Waals surface area (Å²) in [7, 11) is 0. The Kier molecular flexibility index (Phi) is 7.12. The van der Waals surface area contributed by atoms with Gasteiger partial charge in [-0.1, -0.05) is 29.3 Å². The molecule has 1 amide bonds. The van der Waals surface area contributed by atoms with Crippen LogP contribution < -0.4 is 5.32 Å². The van der Waals surface area contributed by atoms with E-state index in [9.17, 15) is 9.59 Å². The molecule has 2 unspecified atom stereocenters. The molecule has 0 bridgehead atoms. The first-order valence-corrected chi connectivity index (χ1v) is 10.5. The molecule has 0 saturated heterocycles. The van der Waals surface area contributed by atoms with Gasteiger partial charge in [-0.05, 0) is 57.4 Å². The summed E-state index contributed by atoms with van der Waals surface area (Å²) in [5.41, 5.74) is 3.27. The van der Waals surface area contributed by atoms with E-state index < -0.39 is 18.0 Å². The van der Waals surface area contributed by atoms with Gasteiger partial charge in [0, 0.05) is 27.9 Å². The number of hydrogen-bond acceptors (Lipinski definition) is 6. The second-order valence-corrected chi connectivity index (χ2v) is 8.10. The molecule has 0 saturated carbocycles. The van der Waals surface area contributed by atoms with Gasteiger partial charge in [-0.15, -0.1) is 0 Å². The summed E-state index contributed by atoms with van der Waals surface area (Å²) < 4.78 is 6.94. The lowest BCUT2D eigenvalue weighted by molar-refractivity contribution is -0.155. The van der Waals surface area contributed by atoms with E-state index in [2.05, 4.69) is 20.4 Å². The summed E-state index contributed by atoms with van der Waals surface area (Å²) in [4.78, 5) is 33.2. The summed E-state index contributed by atoms with van der Waals surface area (Å²) in [6.45, 7) is 7.08. The molecule has 0 spiro atoms. The highest BCUT2D eigenvalue weighted by Crippen LogP contribution is 2.26. The largest absolute Gasteiger partial charge is 0.453 e. The molecule has 2 atom stereocenters. The van der Waals surface area contributed by atoms with Gasteiger partial charge in [0.05, 0.1) is 6.04 Å². The number of nitrogens with one attached hydrogen (secondary N) is 1. The lowest BCUT2D eigenvalue weighted by Gasteiger charge is -2.19. The fourth-order valence-electron chi connectivity index (χ4n) is 3.32. The van der Waals surface area contributed by atoms with Crippen molar-refractivity contribution in [3.63, 3.8) is 0 Å². The molecule has 0 aliphatic carbocycles. The molecule has 1 aromatic carbocycles. The van der Waals surface area contributed by atoms with Gasteiger partial charge in [0.25, 0.3) is 11.7 Å². The number of hydrogen-bond donors (Lipinski definition) is 1. The standard InChI is InChI=1S/C21H23Cl2N5O3/c1-11-16(13(3)28-21(27-11)24-10-25-28)7-8-19(29)31-14(4)20(30)26-12(2)17-6-5-15(22)9-18(17)23/h5-6,9-10,12,14H,7-8H2,1-4H3,(H,26,30). The minimum absolute atomic E-state index is 0.111. The van der Waals surface area contributed by atoms with Crippen molar-refractivity contribution in [3.05, 3.63) is 57.1 Å². The number of nitrogens with zero attached hydrogens (tertiary/aromatic N) is 4. The molecule has 2 aromatic heterocycles. The number of carbonyl (C=O) groups is 2. The van der Waals surface area contributed by atoms with Crippen molar-refractivity contribution in [2.45, 2.75) is 52.7 Å². The number of halogens is 2. The first-order chi connectivity index (χ1) is 14.7. The molecule has 164 valence electrons. The second-order valence-electron chi connectivity index (χ2n) is 7.26. The maximum atomic E-state index is 12.5. The molecule has 3 aromatic rings. The summed E-state index contributed by atoms with van der Waals surface area (Å²) in [5, 5.41) is 7.90. The highest BCUT2D eigenvalue weighted by Gasteiger charge is 2.21. The van der Waals surface area contributed by atoms with Crippen LogP contribution in [-0.4, -0.2) is 37.6 Å². The van der Waals surface area contributed by atoms with E-state index in [1.54, 1.807) is 29.6 Å². The smallest absolute Gasteiger partial charge is 0.306 e. The zero-order chi connectivity index (χ0) is 22.7. The van der Waals surface area contributed by atoms with Crippen LogP contribution in [0.5, 0.6) is 0 Å². The third-order valence-electron chi connectivity index (χ3n) is 5.03. The van der Waals surface area contributed by atoms with Crippen molar-refractivity contribution in [2.75, 3.05) is 0 Å². The van der Waals surface area contributed by atoms with Crippen LogP contribution in [0.15, 0.2) is 24.5 Å². The maximum absolute atomic E-state index is 12.5. The van der Waals surface area contributed by atoms with E-state index in [0.29, 0.717) is 22.2 Å². The van der Waals surface area contributed by atoms with E-state index in [4.69, 9.17) is 27.9 Å². The summed E-state index contributed by atoms with van der Waals surface area (Å²) in [6.07, 6.45) is 1.02. The van der Waals surface area contributed by atoms with Crippen LogP contribution in [-0.2, 0) is 20.7 Å². The van der Waals surface area contributed by atoms with Crippen LogP contribution >= 0.6 is 23.2 Å². The number of benzene rings is 1. The Morgan fingerprint density at radius 2 is 1.97 bits per heavy atom. The number of rotatable bonds is 7. The molecule has 0 radical (unpaired) electrons. The second kappa shape index (κ2) is 9.62. The average molecular weight is 464 g/mol. The molecule has 0 fully saturated rings. The average Bonchev–Trinajstić information content (AvgIpc) is 3.16. The Bertz CT molecular complexity index is 1130. The Balaban J connectivity index is 1.56. The van der Waals surface area contributed by atoms with Crippen LogP contribution in [0, 0.1) is 13.8 Å². The van der Waals surface area contributed by atoms with Gasteiger partial charge in [0.2, 0.25) is 0 Å². The molecule has 10 heteroatoms. The van der Waals surface area contributed by atoms with Crippen LogP contribution in [0.4, 0.5) is 0 Å². The van der Waals surface area contributed by atoms with Crippen LogP contribution in [0.25, 0.3) is 5.78 Å². The Morgan fingerprint density at radius 1 is 1.23 bits per heavy atom. The summed E-state index contributed by atoms with van der Waals surface area (Å²) in [6, 6.07) is 4.69.